The highest BCUT2D eigenvalue weighted by Gasteiger charge is 2.19. The second-order valence-corrected chi connectivity index (χ2v) is 4.68. The summed E-state index contributed by atoms with van der Waals surface area (Å²) in [5.74, 6) is -0.114. The Morgan fingerprint density at radius 2 is 2.00 bits per heavy atom. The Bertz CT molecular complexity index is 442. The lowest BCUT2D eigenvalue weighted by atomic mass is 10.2. The van der Waals surface area contributed by atoms with Crippen molar-refractivity contribution in [2.45, 2.75) is 6.92 Å². The minimum absolute atomic E-state index is 0.169. The predicted octanol–water partition coefficient (Wildman–Crippen LogP) is 1.12. The van der Waals surface area contributed by atoms with Crippen molar-refractivity contribution in [2.75, 3.05) is 43.4 Å². The summed E-state index contributed by atoms with van der Waals surface area (Å²) in [6, 6.07) is 4.77. The molecule has 0 unspecified atom stereocenters. The number of anilines is 2. The molecule has 1 fully saturated rings. The molecule has 1 aromatic rings. The van der Waals surface area contributed by atoms with Crippen molar-refractivity contribution in [1.29, 1.82) is 0 Å². The monoisotopic (exact) mass is 251 g/mol. The quantitative estimate of drug-likeness (QED) is 0.818. The molecule has 1 aromatic carbocycles. The number of hydrogen-bond acceptors (Lipinski definition) is 4. The lowest BCUT2D eigenvalue weighted by molar-refractivity contribution is -0.118. The Morgan fingerprint density at radius 3 is 2.56 bits per heavy atom. The number of benzene rings is 1. The smallest absolute Gasteiger partial charge is 0.148 e. The van der Waals surface area contributed by atoms with E-state index in [4.69, 9.17) is 5.73 Å². The van der Waals surface area contributed by atoms with Gasteiger partial charge in [0.15, 0.2) is 0 Å². The fourth-order valence-electron chi connectivity index (χ4n) is 2.24. The van der Waals surface area contributed by atoms with Gasteiger partial charge in [0.2, 0.25) is 0 Å². The lowest BCUT2D eigenvalue weighted by Gasteiger charge is -2.35. The highest BCUT2D eigenvalue weighted by Crippen LogP contribution is 2.22. The van der Waals surface area contributed by atoms with Crippen LogP contribution in [0.4, 0.5) is 15.8 Å². The topological polar surface area (TPSA) is 49.6 Å². The van der Waals surface area contributed by atoms with Crippen molar-refractivity contribution in [3.05, 3.63) is 24.0 Å². The van der Waals surface area contributed by atoms with E-state index in [0.29, 0.717) is 17.9 Å². The van der Waals surface area contributed by atoms with E-state index in [1.165, 1.54) is 6.07 Å². The van der Waals surface area contributed by atoms with Gasteiger partial charge in [0.1, 0.15) is 11.6 Å². The van der Waals surface area contributed by atoms with Gasteiger partial charge in [-0.15, -0.1) is 0 Å². The number of carbonyl (C=O) groups is 1. The van der Waals surface area contributed by atoms with Crippen LogP contribution < -0.4 is 10.6 Å². The summed E-state index contributed by atoms with van der Waals surface area (Å²) in [6.45, 7) is 5.10. The van der Waals surface area contributed by atoms with Gasteiger partial charge >= 0.3 is 0 Å². The van der Waals surface area contributed by atoms with E-state index in [2.05, 4.69) is 4.90 Å². The van der Waals surface area contributed by atoms with Crippen molar-refractivity contribution in [1.82, 2.24) is 4.90 Å². The van der Waals surface area contributed by atoms with E-state index in [0.717, 1.165) is 26.2 Å². The summed E-state index contributed by atoms with van der Waals surface area (Å²) in [7, 11) is 0. The van der Waals surface area contributed by atoms with E-state index in [9.17, 15) is 9.18 Å². The van der Waals surface area contributed by atoms with Gasteiger partial charge in [0.25, 0.3) is 0 Å². The molecule has 0 aromatic heterocycles. The zero-order valence-corrected chi connectivity index (χ0v) is 10.5. The Morgan fingerprint density at radius 1 is 1.33 bits per heavy atom. The van der Waals surface area contributed by atoms with Crippen LogP contribution in [0.5, 0.6) is 0 Å². The normalized spacial score (nSPS) is 16.9. The molecule has 1 aliphatic heterocycles. The van der Waals surface area contributed by atoms with Crippen LogP contribution in [-0.4, -0.2) is 43.4 Å². The zero-order valence-electron chi connectivity index (χ0n) is 10.5. The maximum Gasteiger partial charge on any atom is 0.148 e. The predicted molar refractivity (Wildman–Crippen MR) is 70.1 cm³/mol. The number of carbonyl (C=O) groups excluding carboxylic acids is 1. The molecule has 0 spiro atoms. The molecule has 18 heavy (non-hydrogen) atoms. The highest BCUT2D eigenvalue weighted by atomic mass is 19.1. The van der Waals surface area contributed by atoms with Gasteiger partial charge in [0, 0.05) is 31.9 Å². The molecule has 98 valence electrons. The van der Waals surface area contributed by atoms with E-state index in [1.807, 2.05) is 4.90 Å². The first-order valence-electron chi connectivity index (χ1n) is 6.08. The fourth-order valence-corrected chi connectivity index (χ4v) is 2.24. The van der Waals surface area contributed by atoms with Gasteiger partial charge in [-0.3, -0.25) is 9.69 Å². The number of ketones is 1. The highest BCUT2D eigenvalue weighted by molar-refractivity contribution is 5.77. The van der Waals surface area contributed by atoms with E-state index in [1.54, 1.807) is 19.1 Å². The molecule has 1 heterocycles. The van der Waals surface area contributed by atoms with Crippen LogP contribution in [0.15, 0.2) is 18.2 Å². The minimum Gasteiger partial charge on any atom is -0.399 e. The first-order chi connectivity index (χ1) is 8.56. The van der Waals surface area contributed by atoms with Crippen LogP contribution in [0, 0.1) is 5.82 Å². The molecule has 0 bridgehead atoms. The van der Waals surface area contributed by atoms with Crippen LogP contribution in [0.2, 0.25) is 0 Å². The zero-order chi connectivity index (χ0) is 13.1. The van der Waals surface area contributed by atoms with Crippen LogP contribution in [0.1, 0.15) is 6.92 Å². The third kappa shape index (κ3) is 2.98. The molecule has 2 rings (SSSR count). The fraction of sp³-hybridized carbons (Fsp3) is 0.462. The molecule has 0 aliphatic carbocycles. The third-order valence-electron chi connectivity index (χ3n) is 3.13. The van der Waals surface area contributed by atoms with E-state index in [-0.39, 0.29) is 11.6 Å². The summed E-state index contributed by atoms with van der Waals surface area (Å²) >= 11 is 0. The van der Waals surface area contributed by atoms with Crippen LogP contribution in [0.3, 0.4) is 0 Å². The van der Waals surface area contributed by atoms with Gasteiger partial charge < -0.3 is 10.6 Å². The first kappa shape index (κ1) is 12.8. The molecule has 0 atom stereocenters. The summed E-state index contributed by atoms with van der Waals surface area (Å²) < 4.78 is 13.8. The lowest BCUT2D eigenvalue weighted by Crippen LogP contribution is -2.48. The van der Waals surface area contributed by atoms with E-state index >= 15 is 0 Å². The van der Waals surface area contributed by atoms with Crippen molar-refractivity contribution >= 4 is 17.2 Å². The number of Topliss-reactive ketones (excluding diaryl/α,β-unsaturated/α-hetero) is 1. The third-order valence-corrected chi connectivity index (χ3v) is 3.13. The van der Waals surface area contributed by atoms with Gasteiger partial charge in [0.05, 0.1) is 12.2 Å². The number of nitrogens with two attached hydrogens (primary N) is 1. The Labute approximate surface area is 106 Å². The summed E-state index contributed by atoms with van der Waals surface area (Å²) in [6.07, 6.45) is 0. The molecular formula is C13H18FN3O. The van der Waals surface area contributed by atoms with Gasteiger partial charge in [-0.1, -0.05) is 0 Å². The molecule has 5 heteroatoms. The van der Waals surface area contributed by atoms with Crippen molar-refractivity contribution in [2.24, 2.45) is 0 Å². The molecule has 0 amide bonds. The number of halogens is 1. The van der Waals surface area contributed by atoms with Gasteiger partial charge in [-0.2, -0.15) is 0 Å². The number of piperazine rings is 1. The number of nitrogens with zero attached hydrogens (tertiary/aromatic N) is 2. The summed E-state index contributed by atoms with van der Waals surface area (Å²) in [5.41, 5.74) is 6.56. The van der Waals surface area contributed by atoms with Crippen LogP contribution >= 0.6 is 0 Å². The van der Waals surface area contributed by atoms with Crippen molar-refractivity contribution in [3.63, 3.8) is 0 Å². The van der Waals surface area contributed by atoms with Crippen molar-refractivity contribution in [3.8, 4) is 0 Å². The summed E-state index contributed by atoms with van der Waals surface area (Å²) in [4.78, 5) is 15.1. The Kier molecular flexibility index (Phi) is 3.81. The second kappa shape index (κ2) is 5.35. The molecule has 1 aliphatic rings. The standard InChI is InChI=1S/C13H18FN3O/c1-10(18)9-16-4-6-17(7-5-16)13-3-2-11(15)8-12(13)14/h2-3,8H,4-7,9,15H2,1H3. The SMILES string of the molecule is CC(=O)CN1CCN(c2ccc(N)cc2F)CC1. The molecule has 0 radical (unpaired) electrons. The first-order valence-corrected chi connectivity index (χ1v) is 6.08. The van der Waals surface area contributed by atoms with Crippen LogP contribution in [0.25, 0.3) is 0 Å². The molecule has 1 saturated heterocycles. The number of rotatable bonds is 3. The van der Waals surface area contributed by atoms with E-state index < -0.39 is 0 Å². The number of nitrogen functional groups attached to an aromatic ring is 1. The Balaban J connectivity index is 1.99. The maximum absolute atomic E-state index is 13.8. The van der Waals surface area contributed by atoms with Crippen LogP contribution in [-0.2, 0) is 4.79 Å². The number of hydrogen-bond donors (Lipinski definition) is 1. The second-order valence-electron chi connectivity index (χ2n) is 4.68. The average molecular weight is 251 g/mol. The molecule has 2 N–H and O–H groups in total. The maximum atomic E-state index is 13.8. The molecular weight excluding hydrogens is 233 g/mol. The minimum atomic E-state index is -0.282. The molecule has 4 nitrogen and oxygen atoms in total. The molecule has 0 saturated carbocycles. The largest absolute Gasteiger partial charge is 0.399 e. The summed E-state index contributed by atoms with van der Waals surface area (Å²) in [5, 5.41) is 0. The van der Waals surface area contributed by atoms with Gasteiger partial charge in [-0.25, -0.2) is 4.39 Å². The Hall–Kier alpha value is -1.62. The van der Waals surface area contributed by atoms with Gasteiger partial charge in [-0.05, 0) is 25.1 Å². The van der Waals surface area contributed by atoms with Crippen molar-refractivity contribution < 1.29 is 9.18 Å². The average Bonchev–Trinajstić information content (AvgIpc) is 2.30.